The summed E-state index contributed by atoms with van der Waals surface area (Å²) in [5.41, 5.74) is 1.13. The molecule has 128 valence electrons. The highest BCUT2D eigenvalue weighted by atomic mass is 35.5. The van der Waals surface area contributed by atoms with Gasteiger partial charge in [-0.25, -0.2) is 9.37 Å². The standard InChI is InChI=1S/C17H19ClFN3OS/c1-2-16-20-13(11-24-16)10-21-5-7-22(8-6-21)17(23)14-9-12(18)3-4-15(14)19/h3-4,9,11H,2,5-8,10H2,1H3. The Morgan fingerprint density at radius 2 is 2.08 bits per heavy atom. The Kier molecular flexibility index (Phi) is 5.48. The summed E-state index contributed by atoms with van der Waals surface area (Å²) in [5.74, 6) is -0.821. The average Bonchev–Trinajstić information content (AvgIpc) is 3.05. The largest absolute Gasteiger partial charge is 0.336 e. The van der Waals surface area contributed by atoms with Gasteiger partial charge in [0.2, 0.25) is 0 Å². The van der Waals surface area contributed by atoms with Gasteiger partial charge in [0.1, 0.15) is 5.82 Å². The molecule has 1 amide bonds. The average molecular weight is 368 g/mol. The number of hydrogen-bond donors (Lipinski definition) is 0. The van der Waals surface area contributed by atoms with E-state index in [9.17, 15) is 9.18 Å². The zero-order valence-electron chi connectivity index (χ0n) is 13.5. The lowest BCUT2D eigenvalue weighted by Gasteiger charge is -2.34. The number of amides is 1. The van der Waals surface area contributed by atoms with Gasteiger partial charge in [0.15, 0.2) is 0 Å². The van der Waals surface area contributed by atoms with Gasteiger partial charge < -0.3 is 4.90 Å². The second kappa shape index (κ2) is 7.59. The number of thiazole rings is 1. The van der Waals surface area contributed by atoms with Crippen molar-refractivity contribution in [3.63, 3.8) is 0 Å². The Morgan fingerprint density at radius 1 is 1.33 bits per heavy atom. The Bertz CT molecular complexity index is 728. The van der Waals surface area contributed by atoms with Crippen LogP contribution in [-0.4, -0.2) is 46.9 Å². The summed E-state index contributed by atoms with van der Waals surface area (Å²) in [7, 11) is 0. The van der Waals surface area contributed by atoms with Gasteiger partial charge in [0.25, 0.3) is 5.91 Å². The van der Waals surface area contributed by atoms with Crippen LogP contribution in [0.15, 0.2) is 23.6 Å². The number of aryl methyl sites for hydroxylation is 1. The molecule has 2 heterocycles. The van der Waals surface area contributed by atoms with Gasteiger partial charge in [-0.3, -0.25) is 9.69 Å². The maximum atomic E-state index is 13.9. The molecule has 1 aliphatic heterocycles. The molecule has 4 nitrogen and oxygen atoms in total. The summed E-state index contributed by atoms with van der Waals surface area (Å²) in [5, 5.41) is 3.61. The Morgan fingerprint density at radius 3 is 2.75 bits per heavy atom. The van der Waals surface area contributed by atoms with Crippen LogP contribution in [0.4, 0.5) is 4.39 Å². The first-order valence-electron chi connectivity index (χ1n) is 7.96. The van der Waals surface area contributed by atoms with Gasteiger partial charge in [-0.05, 0) is 24.6 Å². The molecule has 24 heavy (non-hydrogen) atoms. The first-order valence-corrected chi connectivity index (χ1v) is 9.22. The van der Waals surface area contributed by atoms with E-state index in [2.05, 4.69) is 22.2 Å². The van der Waals surface area contributed by atoms with Crippen LogP contribution in [-0.2, 0) is 13.0 Å². The molecule has 1 aromatic carbocycles. The lowest BCUT2D eigenvalue weighted by molar-refractivity contribution is 0.0622. The van der Waals surface area contributed by atoms with E-state index in [-0.39, 0.29) is 11.5 Å². The topological polar surface area (TPSA) is 36.4 Å². The van der Waals surface area contributed by atoms with Crippen molar-refractivity contribution < 1.29 is 9.18 Å². The number of aromatic nitrogens is 1. The number of carbonyl (C=O) groups excluding carboxylic acids is 1. The molecule has 1 saturated heterocycles. The number of nitrogens with zero attached hydrogens (tertiary/aromatic N) is 3. The van der Waals surface area contributed by atoms with Crippen LogP contribution >= 0.6 is 22.9 Å². The van der Waals surface area contributed by atoms with Crippen LogP contribution in [0.25, 0.3) is 0 Å². The fourth-order valence-electron chi connectivity index (χ4n) is 2.75. The molecule has 0 bridgehead atoms. The second-order valence-corrected chi connectivity index (χ2v) is 7.16. The van der Waals surface area contributed by atoms with Crippen LogP contribution in [0.3, 0.4) is 0 Å². The highest BCUT2D eigenvalue weighted by Crippen LogP contribution is 2.18. The predicted molar refractivity (Wildman–Crippen MR) is 94.1 cm³/mol. The molecule has 1 aliphatic rings. The summed E-state index contributed by atoms with van der Waals surface area (Å²) < 4.78 is 13.9. The SMILES string of the molecule is CCc1nc(CN2CCN(C(=O)c3cc(Cl)ccc3F)CC2)cs1. The molecular formula is C17H19ClFN3OS. The fourth-order valence-corrected chi connectivity index (χ4v) is 3.66. The lowest BCUT2D eigenvalue weighted by Crippen LogP contribution is -2.48. The van der Waals surface area contributed by atoms with E-state index in [0.717, 1.165) is 36.8 Å². The van der Waals surface area contributed by atoms with Gasteiger partial charge in [-0.1, -0.05) is 18.5 Å². The van der Waals surface area contributed by atoms with Crippen LogP contribution < -0.4 is 0 Å². The summed E-state index contributed by atoms with van der Waals surface area (Å²) in [6.45, 7) is 5.57. The monoisotopic (exact) mass is 367 g/mol. The van der Waals surface area contributed by atoms with E-state index in [4.69, 9.17) is 11.6 Å². The quantitative estimate of drug-likeness (QED) is 0.830. The van der Waals surface area contributed by atoms with Crippen molar-refractivity contribution in [2.24, 2.45) is 0 Å². The van der Waals surface area contributed by atoms with Crippen molar-refractivity contribution in [2.45, 2.75) is 19.9 Å². The summed E-state index contributed by atoms with van der Waals surface area (Å²) in [4.78, 5) is 21.0. The van der Waals surface area contributed by atoms with Gasteiger partial charge in [0, 0.05) is 43.1 Å². The maximum Gasteiger partial charge on any atom is 0.256 e. The number of benzene rings is 1. The molecule has 1 aromatic heterocycles. The Hall–Kier alpha value is -1.50. The molecular weight excluding hydrogens is 349 g/mol. The molecule has 2 aromatic rings. The number of rotatable bonds is 4. The fraction of sp³-hybridized carbons (Fsp3) is 0.412. The van der Waals surface area contributed by atoms with E-state index in [0.29, 0.717) is 18.1 Å². The first-order chi connectivity index (χ1) is 11.6. The molecule has 0 radical (unpaired) electrons. The van der Waals surface area contributed by atoms with Crippen molar-refractivity contribution in [3.05, 3.63) is 50.7 Å². The van der Waals surface area contributed by atoms with Crippen molar-refractivity contribution in [3.8, 4) is 0 Å². The molecule has 0 spiro atoms. The van der Waals surface area contributed by atoms with E-state index < -0.39 is 5.82 Å². The minimum Gasteiger partial charge on any atom is -0.336 e. The summed E-state index contributed by atoms with van der Waals surface area (Å²) in [6.07, 6.45) is 0.956. The van der Waals surface area contributed by atoms with Gasteiger partial charge in [-0.15, -0.1) is 11.3 Å². The molecule has 1 fully saturated rings. The van der Waals surface area contributed by atoms with Crippen molar-refractivity contribution in [1.82, 2.24) is 14.8 Å². The van der Waals surface area contributed by atoms with Crippen LogP contribution in [0.1, 0.15) is 28.0 Å². The molecule has 0 saturated carbocycles. The normalized spacial score (nSPS) is 15.7. The highest BCUT2D eigenvalue weighted by molar-refractivity contribution is 7.09. The van der Waals surface area contributed by atoms with Crippen LogP contribution in [0.5, 0.6) is 0 Å². The zero-order chi connectivity index (χ0) is 17.1. The number of halogens is 2. The van der Waals surface area contributed by atoms with Crippen molar-refractivity contribution in [1.29, 1.82) is 0 Å². The predicted octanol–water partition coefficient (Wildman–Crippen LogP) is 3.46. The minimum atomic E-state index is -0.526. The van der Waals surface area contributed by atoms with Gasteiger partial charge in [-0.2, -0.15) is 0 Å². The number of carbonyl (C=O) groups is 1. The molecule has 0 N–H and O–H groups in total. The van der Waals surface area contributed by atoms with Crippen molar-refractivity contribution >= 4 is 28.8 Å². The van der Waals surface area contributed by atoms with Gasteiger partial charge in [0.05, 0.1) is 16.3 Å². The maximum absolute atomic E-state index is 13.9. The number of piperazine rings is 1. The lowest BCUT2D eigenvalue weighted by atomic mass is 10.1. The van der Waals surface area contributed by atoms with E-state index in [1.807, 2.05) is 0 Å². The summed E-state index contributed by atoms with van der Waals surface area (Å²) >= 11 is 7.56. The molecule has 0 aliphatic carbocycles. The molecule has 0 unspecified atom stereocenters. The zero-order valence-corrected chi connectivity index (χ0v) is 15.0. The van der Waals surface area contributed by atoms with Crippen molar-refractivity contribution in [2.75, 3.05) is 26.2 Å². The second-order valence-electron chi connectivity index (χ2n) is 5.78. The highest BCUT2D eigenvalue weighted by Gasteiger charge is 2.24. The van der Waals surface area contributed by atoms with E-state index >= 15 is 0 Å². The minimum absolute atomic E-state index is 0.0445. The number of hydrogen-bond acceptors (Lipinski definition) is 4. The molecule has 0 atom stereocenters. The van der Waals surface area contributed by atoms with E-state index in [1.165, 1.54) is 18.2 Å². The Balaban J connectivity index is 1.58. The van der Waals surface area contributed by atoms with Crippen LogP contribution in [0, 0.1) is 5.82 Å². The molecule has 3 rings (SSSR count). The third kappa shape index (κ3) is 3.94. The third-order valence-corrected chi connectivity index (χ3v) is 5.38. The van der Waals surface area contributed by atoms with E-state index in [1.54, 1.807) is 16.2 Å². The van der Waals surface area contributed by atoms with Crippen LogP contribution in [0.2, 0.25) is 5.02 Å². The Labute approximate surface area is 149 Å². The third-order valence-electron chi connectivity index (χ3n) is 4.11. The first kappa shape index (κ1) is 17.3. The molecule has 7 heteroatoms. The summed E-state index contributed by atoms with van der Waals surface area (Å²) in [6, 6.07) is 4.08. The smallest absolute Gasteiger partial charge is 0.256 e. The van der Waals surface area contributed by atoms with Gasteiger partial charge >= 0.3 is 0 Å².